The maximum Gasteiger partial charge on any atom is 0.303 e. The second-order valence-electron chi connectivity index (χ2n) is 8.56. The predicted octanol–water partition coefficient (Wildman–Crippen LogP) is 0.146. The molecule has 2 fully saturated rings. The quantitative estimate of drug-likeness (QED) is 0.274. The average molecular weight is 518 g/mol. The second-order valence-corrected chi connectivity index (χ2v) is 8.56. The number of hydrogen-bond acceptors (Lipinski definition) is 13. The molecule has 37 heavy (non-hydrogen) atoms. The molecule has 3 aliphatic heterocycles. The smallest absolute Gasteiger partial charge is 0.303 e. The highest BCUT2D eigenvalue weighted by molar-refractivity contribution is 6.25. The Hall–Kier alpha value is -3.91. The van der Waals surface area contributed by atoms with Gasteiger partial charge in [0.15, 0.2) is 36.7 Å². The first-order valence-electron chi connectivity index (χ1n) is 11.4. The molecule has 14 heteroatoms. The molecule has 0 N–H and O–H groups in total. The number of nitrogens with zero attached hydrogens (tertiary/aromatic N) is 4. The van der Waals surface area contributed by atoms with Crippen molar-refractivity contribution in [3.63, 3.8) is 0 Å². The highest BCUT2D eigenvalue weighted by Crippen LogP contribution is 2.35. The molecule has 1 aromatic rings. The van der Waals surface area contributed by atoms with E-state index in [4.69, 9.17) is 23.7 Å². The Balaban J connectivity index is 1.62. The number of carbonyl (C=O) groups excluding carboxylic acids is 5. The van der Waals surface area contributed by atoms with Crippen LogP contribution in [0.15, 0.2) is 40.7 Å². The summed E-state index contributed by atoms with van der Waals surface area (Å²) in [4.78, 5) is 62.9. The first-order chi connectivity index (χ1) is 17.6. The van der Waals surface area contributed by atoms with Gasteiger partial charge in [0, 0.05) is 27.9 Å². The van der Waals surface area contributed by atoms with Crippen molar-refractivity contribution >= 4 is 35.4 Å². The Kier molecular flexibility index (Phi) is 7.50. The van der Waals surface area contributed by atoms with E-state index in [9.17, 15) is 24.0 Å². The molecule has 7 atom stereocenters. The van der Waals surface area contributed by atoms with E-state index >= 15 is 0 Å². The average Bonchev–Trinajstić information content (AvgIpc) is 3.36. The molecule has 0 bridgehead atoms. The van der Waals surface area contributed by atoms with Crippen molar-refractivity contribution in [1.82, 2.24) is 5.01 Å². The van der Waals surface area contributed by atoms with Gasteiger partial charge in [-0.15, -0.1) is 0 Å². The molecule has 0 saturated carbocycles. The SMILES string of the molecule is CO[C@H]1O[C@H](CN2N=N[C@H]3C(=O)N(c4ccccc4)C(=O)[C@H]32)[C@@H](OC(C)=O)[C@H](OC(C)=O)[C@H]1OC(C)=O. The van der Waals surface area contributed by atoms with Crippen molar-refractivity contribution in [2.45, 2.75) is 63.6 Å². The van der Waals surface area contributed by atoms with Crippen molar-refractivity contribution in [2.75, 3.05) is 18.6 Å². The fraction of sp³-hybridized carbons (Fsp3) is 0.522. The van der Waals surface area contributed by atoms with Crippen LogP contribution in [0.4, 0.5) is 5.69 Å². The maximum absolute atomic E-state index is 13.3. The summed E-state index contributed by atoms with van der Waals surface area (Å²) in [6.07, 6.45) is -6.14. The zero-order valence-electron chi connectivity index (χ0n) is 20.5. The van der Waals surface area contributed by atoms with E-state index in [2.05, 4.69) is 10.3 Å². The van der Waals surface area contributed by atoms with Crippen molar-refractivity contribution in [3.05, 3.63) is 30.3 Å². The van der Waals surface area contributed by atoms with Crippen molar-refractivity contribution in [1.29, 1.82) is 0 Å². The fourth-order valence-corrected chi connectivity index (χ4v) is 4.58. The van der Waals surface area contributed by atoms with Gasteiger partial charge in [-0.1, -0.05) is 23.4 Å². The number of imide groups is 1. The molecule has 0 radical (unpaired) electrons. The number of para-hydroxylation sites is 1. The fourth-order valence-electron chi connectivity index (χ4n) is 4.58. The van der Waals surface area contributed by atoms with Crippen LogP contribution in [-0.4, -0.2) is 91.2 Å². The molecule has 3 heterocycles. The number of rotatable bonds is 7. The molecule has 1 aromatic carbocycles. The third-order valence-electron chi connectivity index (χ3n) is 5.97. The van der Waals surface area contributed by atoms with Crippen molar-refractivity contribution < 1.29 is 47.7 Å². The van der Waals surface area contributed by atoms with E-state index in [0.29, 0.717) is 5.69 Å². The molecular weight excluding hydrogens is 492 g/mol. The zero-order chi connectivity index (χ0) is 26.9. The molecular formula is C23H26N4O10. The molecule has 2 saturated heterocycles. The van der Waals surface area contributed by atoms with Crippen LogP contribution < -0.4 is 4.90 Å². The van der Waals surface area contributed by atoms with E-state index in [-0.39, 0.29) is 6.54 Å². The van der Waals surface area contributed by atoms with Crippen LogP contribution in [0.2, 0.25) is 0 Å². The largest absolute Gasteiger partial charge is 0.456 e. The lowest BCUT2D eigenvalue weighted by atomic mass is 9.97. The number of fused-ring (bicyclic) bond motifs is 1. The third kappa shape index (κ3) is 5.15. The van der Waals surface area contributed by atoms with Gasteiger partial charge in [0.25, 0.3) is 11.8 Å². The molecule has 2 amide bonds. The molecule has 0 unspecified atom stereocenters. The van der Waals surface area contributed by atoms with Gasteiger partial charge in [0.1, 0.15) is 6.10 Å². The van der Waals surface area contributed by atoms with Crippen LogP contribution in [0, 0.1) is 0 Å². The topological polar surface area (TPSA) is 163 Å². The van der Waals surface area contributed by atoms with E-state index < -0.39 is 72.5 Å². The molecule has 0 aliphatic carbocycles. The number of ether oxygens (including phenoxy) is 5. The van der Waals surface area contributed by atoms with E-state index in [0.717, 1.165) is 25.7 Å². The van der Waals surface area contributed by atoms with E-state index in [1.165, 1.54) is 12.1 Å². The van der Waals surface area contributed by atoms with Gasteiger partial charge >= 0.3 is 17.9 Å². The molecule has 3 aliphatic rings. The summed E-state index contributed by atoms with van der Waals surface area (Å²) in [6, 6.07) is 6.27. The Bertz CT molecular complexity index is 1110. The van der Waals surface area contributed by atoms with Crippen molar-refractivity contribution in [2.24, 2.45) is 10.3 Å². The van der Waals surface area contributed by atoms with Gasteiger partial charge in [0.05, 0.1) is 12.2 Å². The van der Waals surface area contributed by atoms with Crippen LogP contribution in [-0.2, 0) is 47.7 Å². The summed E-state index contributed by atoms with van der Waals surface area (Å²) >= 11 is 0. The lowest BCUT2D eigenvalue weighted by molar-refractivity contribution is -0.299. The summed E-state index contributed by atoms with van der Waals surface area (Å²) in [5, 5.41) is 9.25. The highest BCUT2D eigenvalue weighted by Gasteiger charge is 2.57. The summed E-state index contributed by atoms with van der Waals surface area (Å²) in [5.74, 6) is -3.23. The molecule has 0 aromatic heterocycles. The van der Waals surface area contributed by atoms with Crippen LogP contribution in [0.1, 0.15) is 20.8 Å². The number of methoxy groups -OCH3 is 1. The predicted molar refractivity (Wildman–Crippen MR) is 120 cm³/mol. The molecule has 4 rings (SSSR count). The molecule has 0 spiro atoms. The number of hydrogen-bond donors (Lipinski definition) is 0. The molecule has 198 valence electrons. The van der Waals surface area contributed by atoms with Crippen LogP contribution in [0.25, 0.3) is 0 Å². The van der Waals surface area contributed by atoms with E-state index in [1.54, 1.807) is 30.3 Å². The Morgan fingerprint density at radius 2 is 1.49 bits per heavy atom. The first-order valence-corrected chi connectivity index (χ1v) is 11.4. The molecule has 14 nitrogen and oxygen atoms in total. The van der Waals surface area contributed by atoms with Crippen LogP contribution >= 0.6 is 0 Å². The Labute approximate surface area is 211 Å². The number of esters is 3. The number of amides is 2. The zero-order valence-corrected chi connectivity index (χ0v) is 20.5. The summed E-state index contributed by atoms with van der Waals surface area (Å²) in [7, 11) is 1.29. The third-order valence-corrected chi connectivity index (χ3v) is 5.97. The van der Waals surface area contributed by atoms with Gasteiger partial charge in [-0.3, -0.25) is 29.0 Å². The van der Waals surface area contributed by atoms with Gasteiger partial charge < -0.3 is 23.7 Å². The van der Waals surface area contributed by atoms with Crippen molar-refractivity contribution in [3.8, 4) is 0 Å². The lowest BCUT2D eigenvalue weighted by Gasteiger charge is -2.44. The highest BCUT2D eigenvalue weighted by atomic mass is 16.7. The minimum absolute atomic E-state index is 0.200. The minimum Gasteiger partial charge on any atom is -0.456 e. The van der Waals surface area contributed by atoms with Gasteiger partial charge in [-0.25, -0.2) is 4.90 Å². The summed E-state index contributed by atoms with van der Waals surface area (Å²) in [5.41, 5.74) is 0.396. The van der Waals surface area contributed by atoms with E-state index in [1.807, 2.05) is 0 Å². The van der Waals surface area contributed by atoms with Gasteiger partial charge in [-0.05, 0) is 12.1 Å². The number of anilines is 1. The standard InChI is InChI=1S/C23H26N4O10/c1-11(28)34-18-15(37-23(33-4)20(36-13(3)30)19(18)35-12(2)29)10-26-17-16(24-25-26)21(31)27(22(17)32)14-8-6-5-7-9-14/h5-9,15-20,23H,10H2,1-4H3/t15-,16-,17+,18-,19+,20-,23+/m1/s1. The maximum atomic E-state index is 13.3. The lowest BCUT2D eigenvalue weighted by Crippen LogP contribution is -2.64. The number of benzene rings is 1. The number of carbonyl (C=O) groups is 5. The second kappa shape index (κ2) is 10.6. The summed E-state index contributed by atoms with van der Waals surface area (Å²) in [6.45, 7) is 3.24. The van der Waals surface area contributed by atoms with Gasteiger partial charge in [-0.2, -0.15) is 5.11 Å². The normalized spacial score (nSPS) is 30.8. The monoisotopic (exact) mass is 518 g/mol. The van der Waals surface area contributed by atoms with Crippen LogP contribution in [0.5, 0.6) is 0 Å². The Morgan fingerprint density at radius 3 is 2.08 bits per heavy atom. The minimum atomic E-state index is -1.30. The van der Waals surface area contributed by atoms with Gasteiger partial charge in [0.2, 0.25) is 0 Å². The Morgan fingerprint density at radius 1 is 0.892 bits per heavy atom. The first kappa shape index (κ1) is 26.2. The van der Waals surface area contributed by atoms with Crippen LogP contribution in [0.3, 0.4) is 0 Å². The summed E-state index contributed by atoms with van der Waals surface area (Å²) < 4.78 is 27.4.